The van der Waals surface area contributed by atoms with Gasteiger partial charge in [0.2, 0.25) is 0 Å². The van der Waals surface area contributed by atoms with Crippen molar-refractivity contribution < 1.29 is 4.74 Å². The van der Waals surface area contributed by atoms with Crippen LogP contribution in [0.15, 0.2) is 62.9 Å². The highest BCUT2D eigenvalue weighted by atomic mass is 127. The highest BCUT2D eigenvalue weighted by Crippen LogP contribution is 2.30. The number of hydrogen-bond donors (Lipinski definition) is 0. The van der Waals surface area contributed by atoms with E-state index in [2.05, 4.69) is 71.2 Å². The van der Waals surface area contributed by atoms with E-state index in [1.165, 1.54) is 4.68 Å². The zero-order chi connectivity index (χ0) is 25.1. The molecule has 4 rings (SSSR count). The summed E-state index contributed by atoms with van der Waals surface area (Å²) in [6.45, 7) is 2.37. The molecule has 4 aromatic rings. The molecule has 0 N–H and O–H groups in total. The Labute approximate surface area is 248 Å². The highest BCUT2D eigenvalue weighted by molar-refractivity contribution is 14.1. The summed E-state index contributed by atoms with van der Waals surface area (Å²) in [7, 11) is 0. The number of benzene rings is 3. The van der Waals surface area contributed by atoms with Gasteiger partial charge in [0, 0.05) is 26.5 Å². The lowest BCUT2D eigenvalue weighted by Gasteiger charge is -2.13. The van der Waals surface area contributed by atoms with Gasteiger partial charge in [0.25, 0.3) is 5.56 Å². The van der Waals surface area contributed by atoms with Gasteiger partial charge in [-0.15, -0.1) is 0 Å². The fourth-order valence-corrected chi connectivity index (χ4v) is 6.36. The second kappa shape index (κ2) is 11.9. The van der Waals surface area contributed by atoms with Gasteiger partial charge in [0.05, 0.1) is 24.3 Å². The Bertz CT molecular complexity index is 1490. The smallest absolute Gasteiger partial charge is 0.282 e. The third-order valence-electron chi connectivity index (χ3n) is 5.08. The molecule has 0 aliphatic carbocycles. The SMILES string of the molecule is CCCc1nc2ccc(Br)cc2c(=O)n1N=Cc1cc(I)c(OCc2ccc(Cl)cc2Cl)c(I)c1. The van der Waals surface area contributed by atoms with Crippen LogP contribution in [-0.2, 0) is 13.0 Å². The second-order valence-electron chi connectivity index (χ2n) is 7.64. The van der Waals surface area contributed by atoms with E-state index >= 15 is 0 Å². The Balaban J connectivity index is 1.63. The minimum absolute atomic E-state index is 0.194. The van der Waals surface area contributed by atoms with Crippen LogP contribution in [-0.4, -0.2) is 15.9 Å². The third-order valence-corrected chi connectivity index (χ3v) is 7.76. The van der Waals surface area contributed by atoms with Crippen LogP contribution >= 0.6 is 84.3 Å². The summed E-state index contributed by atoms with van der Waals surface area (Å²) in [5, 5.41) is 6.19. The third kappa shape index (κ3) is 6.38. The van der Waals surface area contributed by atoms with E-state index in [1.807, 2.05) is 37.3 Å². The van der Waals surface area contributed by atoms with Crippen LogP contribution < -0.4 is 10.3 Å². The number of halogens is 5. The molecular weight excluding hydrogens is 779 g/mol. The number of aromatic nitrogens is 2. The summed E-state index contributed by atoms with van der Waals surface area (Å²) >= 11 is 20.2. The minimum Gasteiger partial charge on any atom is -0.487 e. The van der Waals surface area contributed by atoms with Crippen molar-refractivity contribution in [2.75, 3.05) is 0 Å². The maximum atomic E-state index is 13.2. The Morgan fingerprint density at radius 1 is 1.11 bits per heavy atom. The molecule has 1 heterocycles. The van der Waals surface area contributed by atoms with E-state index < -0.39 is 0 Å². The Kier molecular flexibility index (Phi) is 9.12. The number of aryl methyl sites for hydroxylation is 1. The largest absolute Gasteiger partial charge is 0.487 e. The van der Waals surface area contributed by atoms with Crippen molar-refractivity contribution in [2.24, 2.45) is 5.10 Å². The predicted octanol–water partition coefficient (Wildman–Crippen LogP) is 8.09. The molecule has 35 heavy (non-hydrogen) atoms. The van der Waals surface area contributed by atoms with Gasteiger partial charge in [-0.25, -0.2) is 4.98 Å². The number of ether oxygens (including phenoxy) is 1. The zero-order valence-corrected chi connectivity index (χ0v) is 25.8. The lowest BCUT2D eigenvalue weighted by molar-refractivity contribution is 0.302. The van der Waals surface area contributed by atoms with E-state index in [0.717, 1.165) is 34.9 Å². The molecule has 0 spiro atoms. The molecule has 0 amide bonds. The Hall–Kier alpha value is -1.21. The zero-order valence-electron chi connectivity index (χ0n) is 18.4. The molecule has 180 valence electrons. The molecule has 0 atom stereocenters. The van der Waals surface area contributed by atoms with Crippen molar-refractivity contribution in [1.82, 2.24) is 9.66 Å². The first-order valence-corrected chi connectivity index (χ1v) is 14.3. The molecular formula is C25H18BrCl2I2N3O2. The molecule has 5 nitrogen and oxygen atoms in total. The molecule has 0 aliphatic heterocycles. The lowest BCUT2D eigenvalue weighted by atomic mass is 10.2. The van der Waals surface area contributed by atoms with Gasteiger partial charge in [-0.2, -0.15) is 9.78 Å². The van der Waals surface area contributed by atoms with Gasteiger partial charge in [-0.1, -0.05) is 52.1 Å². The van der Waals surface area contributed by atoms with Crippen molar-refractivity contribution >= 4 is 101 Å². The molecule has 0 unspecified atom stereocenters. The van der Waals surface area contributed by atoms with Crippen molar-refractivity contribution in [3.8, 4) is 5.75 Å². The number of fused-ring (bicyclic) bond motifs is 1. The molecule has 10 heteroatoms. The standard InChI is InChI=1S/C25H18BrCl2I2N3O2/c1-2-3-23-32-22-7-5-16(26)10-18(22)25(34)33(23)31-12-14-8-20(29)24(21(30)9-14)35-13-15-4-6-17(27)11-19(15)28/h4-12H,2-3,13H2,1H3. The Morgan fingerprint density at radius 3 is 2.54 bits per heavy atom. The van der Waals surface area contributed by atoms with Crippen LogP contribution in [0.5, 0.6) is 5.75 Å². The average molecular weight is 797 g/mol. The molecule has 0 radical (unpaired) electrons. The van der Waals surface area contributed by atoms with E-state index in [4.69, 9.17) is 27.9 Å². The number of hydrogen-bond acceptors (Lipinski definition) is 4. The van der Waals surface area contributed by atoms with Crippen LogP contribution in [0.4, 0.5) is 0 Å². The van der Waals surface area contributed by atoms with Crippen LogP contribution in [0.1, 0.15) is 30.3 Å². The summed E-state index contributed by atoms with van der Waals surface area (Å²) < 4.78 is 10.1. The van der Waals surface area contributed by atoms with E-state index in [0.29, 0.717) is 39.8 Å². The fourth-order valence-electron chi connectivity index (χ4n) is 3.40. The first kappa shape index (κ1) is 26.8. The van der Waals surface area contributed by atoms with Gasteiger partial charge in [-0.05, 0) is 99.6 Å². The van der Waals surface area contributed by atoms with E-state index in [9.17, 15) is 4.79 Å². The number of rotatable bonds is 7. The maximum Gasteiger partial charge on any atom is 0.282 e. The van der Waals surface area contributed by atoms with Gasteiger partial charge >= 0.3 is 0 Å². The molecule has 3 aromatic carbocycles. The van der Waals surface area contributed by atoms with Crippen LogP contribution in [0, 0.1) is 7.14 Å². The summed E-state index contributed by atoms with van der Waals surface area (Å²) in [5.41, 5.74) is 2.17. The minimum atomic E-state index is -0.194. The summed E-state index contributed by atoms with van der Waals surface area (Å²) in [5.74, 6) is 1.39. The van der Waals surface area contributed by atoms with E-state index in [-0.39, 0.29) is 5.56 Å². The van der Waals surface area contributed by atoms with Gasteiger partial charge in [0.1, 0.15) is 18.2 Å². The molecule has 1 aromatic heterocycles. The summed E-state index contributed by atoms with van der Waals surface area (Å²) in [6.07, 6.45) is 3.17. The molecule has 0 fully saturated rings. The van der Waals surface area contributed by atoms with Crippen molar-refractivity contribution in [3.63, 3.8) is 0 Å². The van der Waals surface area contributed by atoms with E-state index in [1.54, 1.807) is 24.4 Å². The van der Waals surface area contributed by atoms with Gasteiger partial charge in [0.15, 0.2) is 0 Å². The average Bonchev–Trinajstić information content (AvgIpc) is 2.80. The van der Waals surface area contributed by atoms with Crippen LogP contribution in [0.3, 0.4) is 0 Å². The van der Waals surface area contributed by atoms with Crippen molar-refractivity contribution in [3.05, 3.63) is 97.5 Å². The van der Waals surface area contributed by atoms with Crippen LogP contribution in [0.2, 0.25) is 10.0 Å². The van der Waals surface area contributed by atoms with Crippen molar-refractivity contribution in [2.45, 2.75) is 26.4 Å². The summed E-state index contributed by atoms with van der Waals surface area (Å²) in [6, 6.07) is 14.8. The van der Waals surface area contributed by atoms with Crippen LogP contribution in [0.25, 0.3) is 10.9 Å². The summed E-state index contributed by atoms with van der Waals surface area (Å²) in [4.78, 5) is 17.9. The first-order valence-electron chi connectivity index (χ1n) is 10.6. The molecule has 0 aliphatic rings. The molecule has 0 saturated carbocycles. The maximum absolute atomic E-state index is 13.2. The molecule has 0 saturated heterocycles. The predicted molar refractivity (Wildman–Crippen MR) is 163 cm³/mol. The quantitative estimate of drug-likeness (QED) is 0.141. The number of nitrogens with zero attached hydrogens (tertiary/aromatic N) is 3. The fraction of sp³-hybridized carbons (Fsp3) is 0.160. The normalized spacial score (nSPS) is 11.5. The highest BCUT2D eigenvalue weighted by Gasteiger charge is 2.12. The molecule has 0 bridgehead atoms. The Morgan fingerprint density at radius 2 is 1.86 bits per heavy atom. The topological polar surface area (TPSA) is 56.5 Å². The lowest BCUT2D eigenvalue weighted by Crippen LogP contribution is -2.22. The van der Waals surface area contributed by atoms with Gasteiger partial charge in [-0.3, -0.25) is 4.79 Å². The van der Waals surface area contributed by atoms with Crippen molar-refractivity contribution in [1.29, 1.82) is 0 Å². The van der Waals surface area contributed by atoms with Gasteiger partial charge < -0.3 is 4.74 Å². The second-order valence-corrected chi connectivity index (χ2v) is 11.7. The first-order chi connectivity index (χ1) is 16.8. The monoisotopic (exact) mass is 795 g/mol.